The van der Waals surface area contributed by atoms with Crippen molar-refractivity contribution in [3.63, 3.8) is 0 Å². The van der Waals surface area contributed by atoms with E-state index in [1.54, 1.807) is 18.2 Å². The van der Waals surface area contributed by atoms with Crippen molar-refractivity contribution >= 4 is 40.9 Å². The van der Waals surface area contributed by atoms with Crippen LogP contribution >= 0.6 is 11.6 Å². The second kappa shape index (κ2) is 7.81. The number of hydrogen-bond donors (Lipinski definition) is 2. The lowest BCUT2D eigenvalue weighted by molar-refractivity contribution is -0.118. The summed E-state index contributed by atoms with van der Waals surface area (Å²) in [7, 11) is 0. The molecule has 0 radical (unpaired) electrons. The summed E-state index contributed by atoms with van der Waals surface area (Å²) >= 11 is 6.12. The molecule has 2 aromatic carbocycles. The topological polar surface area (TPSA) is 58.2 Å². The van der Waals surface area contributed by atoms with Gasteiger partial charge in [0.25, 0.3) is 0 Å². The van der Waals surface area contributed by atoms with Crippen LogP contribution in [0.1, 0.15) is 12.0 Å². The van der Waals surface area contributed by atoms with Crippen LogP contribution in [-0.2, 0) is 9.59 Å². The lowest BCUT2D eigenvalue weighted by Gasteiger charge is -2.17. The number of amides is 2. The smallest absolute Gasteiger partial charge is 0.231 e. The van der Waals surface area contributed by atoms with Gasteiger partial charge in [0.15, 0.2) is 0 Å². The average molecular weight is 353 g/mol. The highest BCUT2D eigenvalue weighted by molar-refractivity contribution is 6.33. The Hall–Kier alpha value is -2.85. The number of benzene rings is 2. The van der Waals surface area contributed by atoms with Crippen molar-refractivity contribution in [3.05, 3.63) is 77.3 Å². The first-order chi connectivity index (χ1) is 12.2. The van der Waals surface area contributed by atoms with E-state index in [-0.39, 0.29) is 11.8 Å². The second-order valence-corrected chi connectivity index (χ2v) is 6.08. The van der Waals surface area contributed by atoms with Crippen molar-refractivity contribution in [2.75, 3.05) is 10.6 Å². The minimum absolute atomic E-state index is 0.134. The third-order valence-corrected chi connectivity index (χ3v) is 4.32. The van der Waals surface area contributed by atoms with E-state index in [1.165, 1.54) is 0 Å². The quantitative estimate of drug-likeness (QED) is 0.778. The van der Waals surface area contributed by atoms with E-state index in [1.807, 2.05) is 42.5 Å². The largest absolute Gasteiger partial charge is 0.329 e. The van der Waals surface area contributed by atoms with E-state index in [2.05, 4.69) is 16.7 Å². The molecule has 3 rings (SSSR count). The van der Waals surface area contributed by atoms with E-state index in [0.29, 0.717) is 29.2 Å². The van der Waals surface area contributed by atoms with Crippen molar-refractivity contribution in [2.24, 2.45) is 5.92 Å². The average Bonchev–Trinajstić information content (AvgIpc) is 2.65. The van der Waals surface area contributed by atoms with Gasteiger partial charge in [0.05, 0.1) is 16.6 Å². The van der Waals surface area contributed by atoms with Crippen LogP contribution in [0.25, 0.3) is 5.57 Å². The van der Waals surface area contributed by atoms with Crippen LogP contribution in [0.2, 0.25) is 5.02 Å². The van der Waals surface area contributed by atoms with E-state index in [9.17, 15) is 9.59 Å². The molecule has 4 nitrogen and oxygen atoms in total. The van der Waals surface area contributed by atoms with Gasteiger partial charge in [-0.15, -0.1) is 0 Å². The first kappa shape index (κ1) is 17.0. The van der Waals surface area contributed by atoms with Crippen molar-refractivity contribution in [1.82, 2.24) is 0 Å². The van der Waals surface area contributed by atoms with Crippen LogP contribution in [-0.4, -0.2) is 12.3 Å². The van der Waals surface area contributed by atoms with Crippen molar-refractivity contribution in [3.8, 4) is 0 Å². The second-order valence-electron chi connectivity index (χ2n) is 5.67. The number of allylic oxidation sites excluding steroid dienone is 3. The summed E-state index contributed by atoms with van der Waals surface area (Å²) < 4.78 is 0. The van der Waals surface area contributed by atoms with Gasteiger partial charge in [0, 0.05) is 5.69 Å². The highest BCUT2D eigenvalue weighted by atomic mass is 35.5. The van der Waals surface area contributed by atoms with Gasteiger partial charge < -0.3 is 10.6 Å². The summed E-state index contributed by atoms with van der Waals surface area (Å²) in [4.78, 5) is 23.0. The standard InChI is InChI=1S/C20H17ClN2O2/c21-18-11-10-17(22-13-24)12-19(18)23-20(25)16-8-6-15(7-9-16)14-4-2-1-3-5-14/h1-8,10-13,16H,9H2,(H,22,24)(H,23,25). The molecular weight excluding hydrogens is 336 g/mol. The molecule has 126 valence electrons. The summed E-state index contributed by atoms with van der Waals surface area (Å²) in [6.45, 7) is 0. The fourth-order valence-corrected chi connectivity index (χ4v) is 2.83. The number of carbonyl (C=O) groups excluding carboxylic acids is 2. The minimum atomic E-state index is -0.258. The van der Waals surface area contributed by atoms with Crippen LogP contribution < -0.4 is 10.6 Å². The molecule has 0 saturated heterocycles. The molecule has 25 heavy (non-hydrogen) atoms. The zero-order valence-corrected chi connectivity index (χ0v) is 14.2. The van der Waals surface area contributed by atoms with Gasteiger partial charge in [-0.25, -0.2) is 0 Å². The summed E-state index contributed by atoms with van der Waals surface area (Å²) in [5.74, 6) is -0.393. The van der Waals surface area contributed by atoms with Gasteiger partial charge in [0.1, 0.15) is 0 Å². The van der Waals surface area contributed by atoms with Gasteiger partial charge in [-0.3, -0.25) is 9.59 Å². The highest BCUT2D eigenvalue weighted by Crippen LogP contribution is 2.28. The van der Waals surface area contributed by atoms with Gasteiger partial charge in [-0.05, 0) is 35.8 Å². The SMILES string of the molecule is O=CNc1ccc(Cl)c(NC(=O)C2C=CC(c3ccccc3)=CC2)c1. The Kier molecular flexibility index (Phi) is 5.31. The Morgan fingerprint density at radius 3 is 2.64 bits per heavy atom. The molecule has 5 heteroatoms. The Morgan fingerprint density at radius 1 is 1.16 bits per heavy atom. The molecule has 0 aliphatic heterocycles. The molecule has 2 aromatic rings. The molecule has 1 unspecified atom stereocenters. The molecule has 0 heterocycles. The number of rotatable bonds is 5. The van der Waals surface area contributed by atoms with E-state index < -0.39 is 0 Å². The monoisotopic (exact) mass is 352 g/mol. The zero-order valence-electron chi connectivity index (χ0n) is 13.4. The minimum Gasteiger partial charge on any atom is -0.329 e. The number of hydrogen-bond acceptors (Lipinski definition) is 2. The predicted octanol–water partition coefficient (Wildman–Crippen LogP) is 4.51. The predicted molar refractivity (Wildman–Crippen MR) is 101 cm³/mol. The van der Waals surface area contributed by atoms with E-state index in [4.69, 9.17) is 11.6 Å². The van der Waals surface area contributed by atoms with Crippen molar-refractivity contribution < 1.29 is 9.59 Å². The van der Waals surface area contributed by atoms with Gasteiger partial charge >= 0.3 is 0 Å². The van der Waals surface area contributed by atoms with Crippen LogP contribution in [0, 0.1) is 5.92 Å². The Balaban J connectivity index is 1.68. The highest BCUT2D eigenvalue weighted by Gasteiger charge is 2.19. The summed E-state index contributed by atoms with van der Waals surface area (Å²) in [5, 5.41) is 5.79. The third-order valence-electron chi connectivity index (χ3n) is 3.99. The number of halogens is 1. The van der Waals surface area contributed by atoms with E-state index >= 15 is 0 Å². The Labute approximate surface area is 151 Å². The third kappa shape index (κ3) is 4.17. The number of anilines is 2. The molecule has 1 aliphatic carbocycles. The maximum Gasteiger partial charge on any atom is 0.231 e. The molecule has 2 N–H and O–H groups in total. The number of nitrogens with one attached hydrogen (secondary N) is 2. The number of carbonyl (C=O) groups is 2. The Morgan fingerprint density at radius 2 is 1.96 bits per heavy atom. The zero-order chi connectivity index (χ0) is 17.6. The van der Waals surface area contributed by atoms with Crippen LogP contribution in [0.4, 0.5) is 11.4 Å². The fraction of sp³-hybridized carbons (Fsp3) is 0.100. The summed E-state index contributed by atoms with van der Waals surface area (Å²) in [6, 6.07) is 15.0. The lowest BCUT2D eigenvalue weighted by atomic mass is 9.92. The molecule has 0 spiro atoms. The summed E-state index contributed by atoms with van der Waals surface area (Å²) in [6.07, 6.45) is 7.13. The lowest BCUT2D eigenvalue weighted by Crippen LogP contribution is -2.22. The maximum atomic E-state index is 12.5. The molecule has 1 aliphatic rings. The van der Waals surface area contributed by atoms with Crippen LogP contribution in [0.3, 0.4) is 0 Å². The molecule has 0 saturated carbocycles. The van der Waals surface area contributed by atoms with Gasteiger partial charge in [-0.1, -0.05) is 60.2 Å². The first-order valence-corrected chi connectivity index (χ1v) is 8.29. The molecule has 1 atom stereocenters. The normalized spacial score (nSPS) is 16.0. The van der Waals surface area contributed by atoms with E-state index in [0.717, 1.165) is 11.1 Å². The molecule has 0 aromatic heterocycles. The molecular formula is C20H17ClN2O2. The Bertz CT molecular complexity index is 844. The maximum absolute atomic E-state index is 12.5. The first-order valence-electron chi connectivity index (χ1n) is 7.92. The molecule has 0 fully saturated rings. The molecule has 2 amide bonds. The van der Waals surface area contributed by atoms with Gasteiger partial charge in [-0.2, -0.15) is 0 Å². The summed E-state index contributed by atoms with van der Waals surface area (Å²) in [5.41, 5.74) is 3.29. The van der Waals surface area contributed by atoms with Crippen molar-refractivity contribution in [2.45, 2.75) is 6.42 Å². The van der Waals surface area contributed by atoms with Crippen LogP contribution in [0.15, 0.2) is 66.8 Å². The van der Waals surface area contributed by atoms with Crippen LogP contribution in [0.5, 0.6) is 0 Å². The van der Waals surface area contributed by atoms with Crippen molar-refractivity contribution in [1.29, 1.82) is 0 Å². The molecule has 0 bridgehead atoms. The van der Waals surface area contributed by atoms with Gasteiger partial charge in [0.2, 0.25) is 12.3 Å². The fourth-order valence-electron chi connectivity index (χ4n) is 2.66.